The van der Waals surface area contributed by atoms with Gasteiger partial charge in [0.15, 0.2) is 0 Å². The first-order valence-electron chi connectivity index (χ1n) is 13.3. The van der Waals surface area contributed by atoms with Crippen LogP contribution >= 0.6 is 0 Å². The number of amides is 2. The second kappa shape index (κ2) is 16.0. The largest absolute Gasteiger partial charge is 0.480 e. The van der Waals surface area contributed by atoms with Crippen LogP contribution in [-0.4, -0.2) is 34.7 Å². The molecule has 7 nitrogen and oxygen atoms in total. The molecule has 7 heteroatoms. The lowest BCUT2D eigenvalue weighted by Crippen LogP contribution is -2.51. The highest BCUT2D eigenvalue weighted by Crippen LogP contribution is 2.36. The summed E-state index contributed by atoms with van der Waals surface area (Å²) in [5.41, 5.74) is 0.516. The minimum absolute atomic E-state index is 0.483. The standard InChI is InChI=1S/C28H30N2O5.2C2H6/c1-27(2,3)35-26(34)29-23(25(32)33)19-24(31)30-28(20-13-7-4-8-14-20,21-15-9-5-10-16-21)22-17-11-6-12-18-22;2*1-2/h4-18,23H,19H2,1-3H3,(H,29,34)(H,30,31)(H,32,33);2*1-2H3. The summed E-state index contributed by atoms with van der Waals surface area (Å²) in [4.78, 5) is 37.4. The molecule has 0 saturated carbocycles. The molecule has 3 aromatic rings. The SMILES string of the molecule is CC.CC.CC(C)(C)OC(=O)NC(CC(=O)NC(c1ccccc1)(c1ccccc1)c1ccccc1)C(=O)O. The molecule has 0 aliphatic rings. The topological polar surface area (TPSA) is 105 Å². The summed E-state index contributed by atoms with van der Waals surface area (Å²) in [6.45, 7) is 13.0. The number of aliphatic carboxylic acids is 1. The second-order valence-electron chi connectivity index (χ2n) is 9.14. The van der Waals surface area contributed by atoms with Crippen LogP contribution in [-0.2, 0) is 19.9 Å². The lowest BCUT2D eigenvalue weighted by molar-refractivity contribution is -0.141. The van der Waals surface area contributed by atoms with E-state index in [-0.39, 0.29) is 0 Å². The van der Waals surface area contributed by atoms with Gasteiger partial charge in [-0.1, -0.05) is 119 Å². The predicted octanol–water partition coefficient (Wildman–Crippen LogP) is 6.52. The summed E-state index contributed by atoms with van der Waals surface area (Å²) in [6.07, 6.45) is -1.39. The number of carbonyl (C=O) groups is 3. The molecule has 0 aliphatic carbocycles. The predicted molar refractivity (Wildman–Crippen MR) is 155 cm³/mol. The van der Waals surface area contributed by atoms with E-state index in [4.69, 9.17) is 4.74 Å². The van der Waals surface area contributed by atoms with Crippen molar-refractivity contribution in [2.24, 2.45) is 0 Å². The van der Waals surface area contributed by atoms with Gasteiger partial charge >= 0.3 is 12.1 Å². The Morgan fingerprint density at radius 2 is 1.08 bits per heavy atom. The van der Waals surface area contributed by atoms with Gasteiger partial charge in [0.2, 0.25) is 5.91 Å². The Balaban J connectivity index is 0.00000181. The second-order valence-corrected chi connectivity index (χ2v) is 9.14. The number of rotatable bonds is 8. The lowest BCUT2D eigenvalue weighted by Gasteiger charge is -2.37. The van der Waals surface area contributed by atoms with Crippen molar-refractivity contribution in [2.45, 2.75) is 72.1 Å². The van der Waals surface area contributed by atoms with E-state index in [1.165, 1.54) is 0 Å². The molecule has 1 unspecified atom stereocenters. The highest BCUT2D eigenvalue weighted by Gasteiger charge is 2.39. The zero-order valence-corrected chi connectivity index (χ0v) is 24.0. The van der Waals surface area contributed by atoms with Crippen molar-refractivity contribution in [1.29, 1.82) is 0 Å². The van der Waals surface area contributed by atoms with E-state index in [2.05, 4.69) is 10.6 Å². The third kappa shape index (κ3) is 9.60. The fourth-order valence-electron chi connectivity index (χ4n) is 3.88. The minimum atomic E-state index is -1.47. The van der Waals surface area contributed by atoms with E-state index in [9.17, 15) is 19.5 Å². The van der Waals surface area contributed by atoms with Gasteiger partial charge in [0, 0.05) is 0 Å². The normalized spacial score (nSPS) is 11.4. The summed E-state index contributed by atoms with van der Waals surface area (Å²) in [5, 5.41) is 15.0. The van der Waals surface area contributed by atoms with E-state index in [1.807, 2.05) is 119 Å². The Hall–Kier alpha value is -4.13. The quantitative estimate of drug-likeness (QED) is 0.286. The summed E-state index contributed by atoms with van der Waals surface area (Å²) in [5.74, 6) is -1.89. The minimum Gasteiger partial charge on any atom is -0.480 e. The molecule has 3 N–H and O–H groups in total. The molecular weight excluding hydrogens is 492 g/mol. The van der Waals surface area contributed by atoms with Gasteiger partial charge in [-0.2, -0.15) is 0 Å². The van der Waals surface area contributed by atoms with Crippen LogP contribution in [0.4, 0.5) is 4.79 Å². The van der Waals surface area contributed by atoms with Crippen LogP contribution < -0.4 is 10.6 Å². The lowest BCUT2D eigenvalue weighted by atomic mass is 9.77. The third-order valence-electron chi connectivity index (χ3n) is 5.33. The third-order valence-corrected chi connectivity index (χ3v) is 5.33. The van der Waals surface area contributed by atoms with Crippen molar-refractivity contribution in [2.75, 3.05) is 0 Å². The van der Waals surface area contributed by atoms with E-state index >= 15 is 0 Å². The summed E-state index contributed by atoms with van der Waals surface area (Å²) in [7, 11) is 0. The Morgan fingerprint density at radius 1 is 0.718 bits per heavy atom. The van der Waals surface area contributed by atoms with Crippen molar-refractivity contribution in [1.82, 2.24) is 10.6 Å². The van der Waals surface area contributed by atoms with Gasteiger partial charge in [-0.25, -0.2) is 9.59 Å². The molecule has 2 amide bonds. The zero-order valence-electron chi connectivity index (χ0n) is 24.0. The van der Waals surface area contributed by atoms with E-state index in [0.717, 1.165) is 16.7 Å². The van der Waals surface area contributed by atoms with Crippen LogP contribution in [0.5, 0.6) is 0 Å². The molecule has 0 aliphatic heterocycles. The molecule has 0 fully saturated rings. The van der Waals surface area contributed by atoms with Crippen LogP contribution in [0.15, 0.2) is 91.0 Å². The van der Waals surface area contributed by atoms with Crippen molar-refractivity contribution in [3.63, 3.8) is 0 Å². The molecular formula is C32H42N2O5. The number of hydrogen-bond acceptors (Lipinski definition) is 4. The molecule has 0 saturated heterocycles. The Labute approximate surface area is 232 Å². The number of carbonyl (C=O) groups excluding carboxylic acids is 2. The smallest absolute Gasteiger partial charge is 0.408 e. The summed E-state index contributed by atoms with van der Waals surface area (Å²) >= 11 is 0. The molecule has 3 aromatic carbocycles. The number of benzene rings is 3. The summed E-state index contributed by atoms with van der Waals surface area (Å²) < 4.78 is 5.16. The van der Waals surface area contributed by atoms with Gasteiger partial charge in [0.1, 0.15) is 17.2 Å². The Kier molecular flexibility index (Phi) is 13.5. The van der Waals surface area contributed by atoms with Crippen LogP contribution in [0.25, 0.3) is 0 Å². The van der Waals surface area contributed by atoms with Crippen molar-refractivity contribution in [3.8, 4) is 0 Å². The molecule has 210 valence electrons. The molecule has 0 bridgehead atoms. The highest BCUT2D eigenvalue weighted by molar-refractivity contribution is 5.88. The van der Waals surface area contributed by atoms with Gasteiger partial charge in [-0.3, -0.25) is 4.79 Å². The number of nitrogens with one attached hydrogen (secondary N) is 2. The van der Waals surface area contributed by atoms with E-state index in [1.54, 1.807) is 20.8 Å². The number of carboxylic acid groups (broad SMARTS) is 1. The average molecular weight is 535 g/mol. The van der Waals surface area contributed by atoms with Crippen molar-refractivity contribution in [3.05, 3.63) is 108 Å². The van der Waals surface area contributed by atoms with Gasteiger partial charge in [0.25, 0.3) is 0 Å². The highest BCUT2D eigenvalue weighted by atomic mass is 16.6. The fraction of sp³-hybridized carbons (Fsp3) is 0.344. The van der Waals surface area contributed by atoms with Gasteiger partial charge in [0.05, 0.1) is 6.42 Å². The van der Waals surface area contributed by atoms with Crippen molar-refractivity contribution < 1.29 is 24.2 Å². The van der Waals surface area contributed by atoms with Crippen LogP contribution in [0, 0.1) is 0 Å². The molecule has 0 spiro atoms. The Morgan fingerprint density at radius 3 is 1.38 bits per heavy atom. The maximum Gasteiger partial charge on any atom is 0.408 e. The first kappa shape index (κ1) is 32.9. The number of hydrogen-bond donors (Lipinski definition) is 3. The van der Waals surface area contributed by atoms with Crippen LogP contribution in [0.1, 0.15) is 71.6 Å². The van der Waals surface area contributed by atoms with Gasteiger partial charge < -0.3 is 20.5 Å². The molecule has 0 radical (unpaired) electrons. The van der Waals surface area contributed by atoms with E-state index in [0.29, 0.717) is 0 Å². The number of ether oxygens (including phenoxy) is 1. The van der Waals surface area contributed by atoms with Crippen molar-refractivity contribution >= 4 is 18.0 Å². The fourth-order valence-corrected chi connectivity index (χ4v) is 3.88. The maximum atomic E-state index is 13.4. The zero-order chi connectivity index (χ0) is 29.5. The first-order chi connectivity index (χ1) is 18.6. The average Bonchev–Trinajstić information content (AvgIpc) is 2.94. The molecule has 1 atom stereocenters. The maximum absolute atomic E-state index is 13.4. The van der Waals surface area contributed by atoms with Gasteiger partial charge in [-0.05, 0) is 37.5 Å². The first-order valence-corrected chi connectivity index (χ1v) is 13.3. The Bertz CT molecular complexity index is 1050. The van der Waals surface area contributed by atoms with Crippen LogP contribution in [0.2, 0.25) is 0 Å². The van der Waals surface area contributed by atoms with Crippen LogP contribution in [0.3, 0.4) is 0 Å². The molecule has 39 heavy (non-hydrogen) atoms. The number of alkyl carbamates (subject to hydrolysis) is 1. The van der Waals surface area contributed by atoms with Gasteiger partial charge in [-0.15, -0.1) is 0 Å². The molecule has 3 rings (SSSR count). The molecule has 0 heterocycles. The summed E-state index contributed by atoms with van der Waals surface area (Å²) in [6, 6.07) is 26.9. The molecule has 0 aromatic heterocycles. The number of carboxylic acids is 1. The monoisotopic (exact) mass is 534 g/mol. The van der Waals surface area contributed by atoms with E-state index < -0.39 is 41.6 Å².